The van der Waals surface area contributed by atoms with Gasteiger partial charge in [-0.05, 0) is 51.5 Å². The minimum Gasteiger partial charge on any atom is -0.491 e. The molecule has 0 saturated heterocycles. The third-order valence-electron chi connectivity index (χ3n) is 2.63. The van der Waals surface area contributed by atoms with Gasteiger partial charge in [0.2, 0.25) is 0 Å². The molecule has 1 rings (SSSR count). The van der Waals surface area contributed by atoms with E-state index >= 15 is 0 Å². The summed E-state index contributed by atoms with van der Waals surface area (Å²) in [5.41, 5.74) is 1.17. The van der Waals surface area contributed by atoms with E-state index in [-0.39, 0.29) is 6.10 Å². The summed E-state index contributed by atoms with van der Waals surface area (Å²) >= 11 is 0. The van der Waals surface area contributed by atoms with Crippen LogP contribution in [0.1, 0.15) is 47.0 Å². The van der Waals surface area contributed by atoms with Gasteiger partial charge in [-0.15, -0.1) is 0 Å². The molecule has 2 heteroatoms. The zero-order valence-corrected chi connectivity index (χ0v) is 11.5. The topological polar surface area (TPSA) is 21.3 Å². The second-order valence-corrected chi connectivity index (χ2v) is 4.88. The number of rotatable bonds is 7. The van der Waals surface area contributed by atoms with E-state index in [2.05, 4.69) is 31.3 Å². The number of anilines is 1. The van der Waals surface area contributed by atoms with Crippen molar-refractivity contribution in [3.63, 3.8) is 0 Å². The van der Waals surface area contributed by atoms with Crippen molar-refractivity contribution >= 4 is 5.69 Å². The van der Waals surface area contributed by atoms with Gasteiger partial charge in [0.1, 0.15) is 5.75 Å². The lowest BCUT2D eigenvalue weighted by molar-refractivity contribution is 0.242. The van der Waals surface area contributed by atoms with Gasteiger partial charge in [0.25, 0.3) is 0 Å². The summed E-state index contributed by atoms with van der Waals surface area (Å²) in [6.07, 6.45) is 3.99. The number of benzene rings is 1. The van der Waals surface area contributed by atoms with E-state index in [1.54, 1.807) is 0 Å². The molecule has 0 bridgehead atoms. The monoisotopic (exact) mass is 235 g/mol. The maximum atomic E-state index is 5.61. The Labute approximate surface area is 105 Å². The van der Waals surface area contributed by atoms with Crippen LogP contribution in [0.3, 0.4) is 0 Å². The molecule has 96 valence electrons. The van der Waals surface area contributed by atoms with Gasteiger partial charge in [-0.25, -0.2) is 0 Å². The molecule has 1 aromatic rings. The molecule has 0 heterocycles. The van der Waals surface area contributed by atoms with Crippen LogP contribution in [-0.4, -0.2) is 12.1 Å². The van der Waals surface area contributed by atoms with E-state index in [0.29, 0.717) is 6.04 Å². The third-order valence-corrected chi connectivity index (χ3v) is 2.63. The molecule has 0 saturated carbocycles. The maximum absolute atomic E-state index is 5.61. The smallest absolute Gasteiger partial charge is 0.119 e. The van der Waals surface area contributed by atoms with Gasteiger partial charge in [0, 0.05) is 11.7 Å². The average Bonchev–Trinajstić information content (AvgIpc) is 2.28. The molecular weight excluding hydrogens is 210 g/mol. The second-order valence-electron chi connectivity index (χ2n) is 4.88. The summed E-state index contributed by atoms with van der Waals surface area (Å²) in [5, 5.41) is 3.50. The number of ether oxygens (including phenoxy) is 1. The molecule has 0 aliphatic rings. The highest BCUT2D eigenvalue weighted by Gasteiger charge is 2.02. The Morgan fingerprint density at radius 3 is 2.29 bits per heavy atom. The van der Waals surface area contributed by atoms with E-state index in [1.165, 1.54) is 24.9 Å². The first kappa shape index (κ1) is 13.9. The zero-order valence-electron chi connectivity index (χ0n) is 11.5. The quantitative estimate of drug-likeness (QED) is 0.753. The standard InChI is InChI=1S/C15H25NO/c1-5-6-7-13(4)16-14-8-10-15(11-9-14)17-12(2)3/h8-13,16H,5-7H2,1-4H3. The molecule has 0 radical (unpaired) electrons. The Morgan fingerprint density at radius 2 is 1.76 bits per heavy atom. The first-order valence-corrected chi connectivity index (χ1v) is 6.65. The lowest BCUT2D eigenvalue weighted by Crippen LogP contribution is -2.14. The van der Waals surface area contributed by atoms with Crippen molar-refractivity contribution in [1.29, 1.82) is 0 Å². The number of nitrogens with one attached hydrogen (secondary N) is 1. The molecule has 0 aliphatic carbocycles. The lowest BCUT2D eigenvalue weighted by atomic mass is 10.1. The molecular formula is C15H25NO. The SMILES string of the molecule is CCCCC(C)Nc1ccc(OC(C)C)cc1. The molecule has 17 heavy (non-hydrogen) atoms. The first-order valence-electron chi connectivity index (χ1n) is 6.65. The summed E-state index contributed by atoms with van der Waals surface area (Å²) in [6.45, 7) is 8.54. The molecule has 1 atom stereocenters. The van der Waals surface area contributed by atoms with Gasteiger partial charge >= 0.3 is 0 Å². The molecule has 0 spiro atoms. The normalized spacial score (nSPS) is 12.5. The van der Waals surface area contributed by atoms with Crippen molar-refractivity contribution in [1.82, 2.24) is 0 Å². The number of unbranched alkanes of at least 4 members (excludes halogenated alkanes) is 1. The van der Waals surface area contributed by atoms with E-state index < -0.39 is 0 Å². The van der Waals surface area contributed by atoms with Gasteiger partial charge < -0.3 is 10.1 Å². The van der Waals surface area contributed by atoms with Crippen molar-refractivity contribution in [3.05, 3.63) is 24.3 Å². The minimum atomic E-state index is 0.234. The Hall–Kier alpha value is -1.18. The van der Waals surface area contributed by atoms with Gasteiger partial charge in [0.15, 0.2) is 0 Å². The molecule has 1 unspecified atom stereocenters. The maximum Gasteiger partial charge on any atom is 0.119 e. The fourth-order valence-corrected chi connectivity index (χ4v) is 1.77. The fourth-order valence-electron chi connectivity index (χ4n) is 1.77. The summed E-state index contributed by atoms with van der Waals surface area (Å²) in [5.74, 6) is 0.937. The van der Waals surface area contributed by atoms with Crippen molar-refractivity contribution in [2.75, 3.05) is 5.32 Å². The Balaban J connectivity index is 2.44. The van der Waals surface area contributed by atoms with Crippen LogP contribution in [-0.2, 0) is 0 Å². The summed E-state index contributed by atoms with van der Waals surface area (Å²) in [4.78, 5) is 0. The predicted octanol–water partition coefficient (Wildman–Crippen LogP) is 4.46. The molecule has 0 aromatic heterocycles. The van der Waals surface area contributed by atoms with E-state index in [0.717, 1.165) is 5.75 Å². The van der Waals surface area contributed by atoms with Gasteiger partial charge in [-0.2, -0.15) is 0 Å². The van der Waals surface area contributed by atoms with E-state index in [1.807, 2.05) is 26.0 Å². The molecule has 1 N–H and O–H groups in total. The molecule has 0 aliphatic heterocycles. The van der Waals surface area contributed by atoms with Crippen LogP contribution in [0.15, 0.2) is 24.3 Å². The first-order chi connectivity index (χ1) is 8.11. The predicted molar refractivity (Wildman–Crippen MR) is 74.8 cm³/mol. The van der Waals surface area contributed by atoms with Crippen LogP contribution in [0.5, 0.6) is 5.75 Å². The highest BCUT2D eigenvalue weighted by molar-refractivity contribution is 5.46. The zero-order chi connectivity index (χ0) is 12.7. The van der Waals surface area contributed by atoms with Gasteiger partial charge in [-0.3, -0.25) is 0 Å². The fraction of sp³-hybridized carbons (Fsp3) is 0.600. The third kappa shape index (κ3) is 5.62. The van der Waals surface area contributed by atoms with Gasteiger partial charge in [-0.1, -0.05) is 19.8 Å². The van der Waals surface area contributed by atoms with Crippen molar-refractivity contribution in [2.45, 2.75) is 59.1 Å². The highest BCUT2D eigenvalue weighted by atomic mass is 16.5. The summed E-state index contributed by atoms with van der Waals surface area (Å²) in [7, 11) is 0. The van der Waals surface area contributed by atoms with Crippen molar-refractivity contribution in [2.24, 2.45) is 0 Å². The second kappa shape index (κ2) is 7.21. The van der Waals surface area contributed by atoms with Crippen LogP contribution < -0.4 is 10.1 Å². The molecule has 0 amide bonds. The largest absolute Gasteiger partial charge is 0.491 e. The van der Waals surface area contributed by atoms with Crippen LogP contribution in [0.4, 0.5) is 5.69 Å². The molecule has 2 nitrogen and oxygen atoms in total. The van der Waals surface area contributed by atoms with Crippen LogP contribution in [0, 0.1) is 0 Å². The average molecular weight is 235 g/mol. The van der Waals surface area contributed by atoms with Gasteiger partial charge in [0.05, 0.1) is 6.10 Å². The summed E-state index contributed by atoms with van der Waals surface area (Å²) in [6, 6.07) is 8.75. The lowest BCUT2D eigenvalue weighted by Gasteiger charge is -2.15. The Bertz CT molecular complexity index is 305. The number of hydrogen-bond donors (Lipinski definition) is 1. The van der Waals surface area contributed by atoms with E-state index in [9.17, 15) is 0 Å². The van der Waals surface area contributed by atoms with Crippen molar-refractivity contribution < 1.29 is 4.74 Å². The Kier molecular flexibility index (Phi) is 5.88. The highest BCUT2D eigenvalue weighted by Crippen LogP contribution is 2.18. The van der Waals surface area contributed by atoms with Crippen LogP contribution >= 0.6 is 0 Å². The molecule has 0 fully saturated rings. The number of hydrogen-bond acceptors (Lipinski definition) is 2. The van der Waals surface area contributed by atoms with Crippen LogP contribution in [0.25, 0.3) is 0 Å². The van der Waals surface area contributed by atoms with Crippen LogP contribution in [0.2, 0.25) is 0 Å². The van der Waals surface area contributed by atoms with Crippen molar-refractivity contribution in [3.8, 4) is 5.75 Å². The summed E-state index contributed by atoms with van der Waals surface area (Å²) < 4.78 is 5.61. The van der Waals surface area contributed by atoms with E-state index in [4.69, 9.17) is 4.74 Å². The molecule has 1 aromatic carbocycles. The minimum absolute atomic E-state index is 0.234. The Morgan fingerprint density at radius 1 is 1.12 bits per heavy atom.